The zero-order chi connectivity index (χ0) is 11.3. The van der Waals surface area contributed by atoms with Gasteiger partial charge < -0.3 is 21.5 Å². The van der Waals surface area contributed by atoms with Crippen LogP contribution in [-0.2, 0) is 0 Å². The Bertz CT molecular complexity index is 315. The van der Waals surface area contributed by atoms with E-state index in [4.69, 9.17) is 16.2 Å². The van der Waals surface area contributed by atoms with Gasteiger partial charge >= 0.3 is 0 Å². The van der Waals surface area contributed by atoms with E-state index in [1.54, 1.807) is 7.11 Å². The van der Waals surface area contributed by atoms with Crippen molar-refractivity contribution in [2.45, 2.75) is 13.0 Å². The molecular formula is C11H19N3O. The smallest absolute Gasteiger partial charge is 0.121 e. The van der Waals surface area contributed by atoms with Crippen LogP contribution in [0.15, 0.2) is 18.2 Å². The van der Waals surface area contributed by atoms with Crippen molar-refractivity contribution in [1.82, 2.24) is 0 Å². The van der Waals surface area contributed by atoms with Crippen LogP contribution in [0.3, 0.4) is 0 Å². The monoisotopic (exact) mass is 209 g/mol. The Morgan fingerprint density at radius 2 is 2.20 bits per heavy atom. The maximum Gasteiger partial charge on any atom is 0.121 e. The van der Waals surface area contributed by atoms with E-state index in [1.165, 1.54) is 0 Å². The van der Waals surface area contributed by atoms with E-state index in [9.17, 15) is 0 Å². The molecule has 0 aliphatic carbocycles. The molecular weight excluding hydrogens is 190 g/mol. The van der Waals surface area contributed by atoms with Gasteiger partial charge in [-0.15, -0.1) is 0 Å². The quantitative estimate of drug-likeness (QED) is 0.667. The second-order valence-electron chi connectivity index (χ2n) is 3.56. The third-order valence-electron chi connectivity index (χ3n) is 2.27. The maximum absolute atomic E-state index is 5.70. The molecule has 1 rings (SSSR count). The molecule has 0 bridgehead atoms. The number of rotatable bonds is 5. The van der Waals surface area contributed by atoms with E-state index in [0.717, 1.165) is 17.0 Å². The van der Waals surface area contributed by atoms with Gasteiger partial charge in [-0.05, 0) is 30.7 Å². The van der Waals surface area contributed by atoms with E-state index in [2.05, 4.69) is 5.32 Å². The molecule has 0 radical (unpaired) electrons. The zero-order valence-electron chi connectivity index (χ0n) is 9.29. The number of benzene rings is 1. The van der Waals surface area contributed by atoms with E-state index in [1.807, 2.05) is 25.1 Å². The molecule has 0 aliphatic heterocycles. The molecule has 0 aliphatic rings. The molecule has 0 saturated heterocycles. The number of methoxy groups -OCH3 is 1. The summed E-state index contributed by atoms with van der Waals surface area (Å²) < 4.78 is 5.17. The predicted octanol–water partition coefficient (Wildman–Crippen LogP) is 0.702. The van der Waals surface area contributed by atoms with Gasteiger partial charge in [-0.25, -0.2) is 0 Å². The summed E-state index contributed by atoms with van der Waals surface area (Å²) >= 11 is 0. The number of aryl methyl sites for hydroxylation is 1. The molecule has 1 aromatic carbocycles. The number of anilines is 1. The largest absolute Gasteiger partial charge is 0.496 e. The normalized spacial score (nSPS) is 12.3. The van der Waals surface area contributed by atoms with Crippen LogP contribution in [-0.4, -0.2) is 26.2 Å². The Kier molecular flexibility index (Phi) is 4.39. The van der Waals surface area contributed by atoms with Gasteiger partial charge in [-0.3, -0.25) is 0 Å². The Labute approximate surface area is 90.6 Å². The third kappa shape index (κ3) is 3.42. The van der Waals surface area contributed by atoms with Crippen LogP contribution in [0, 0.1) is 6.92 Å². The minimum absolute atomic E-state index is 0.00703. The third-order valence-corrected chi connectivity index (χ3v) is 2.27. The average Bonchev–Trinajstić information content (AvgIpc) is 2.26. The fraction of sp³-hybridized carbons (Fsp3) is 0.455. The average molecular weight is 209 g/mol. The first kappa shape index (κ1) is 11.8. The highest BCUT2D eigenvalue weighted by molar-refractivity contribution is 5.50. The molecule has 0 saturated carbocycles. The minimum Gasteiger partial charge on any atom is -0.496 e. The summed E-state index contributed by atoms with van der Waals surface area (Å²) in [6.45, 7) is 3.18. The topological polar surface area (TPSA) is 73.3 Å². The Morgan fingerprint density at radius 1 is 1.47 bits per heavy atom. The predicted molar refractivity (Wildman–Crippen MR) is 63.3 cm³/mol. The first-order chi connectivity index (χ1) is 7.17. The van der Waals surface area contributed by atoms with Crippen LogP contribution in [0.1, 0.15) is 5.56 Å². The second kappa shape index (κ2) is 5.58. The van der Waals surface area contributed by atoms with Crippen LogP contribution >= 0.6 is 0 Å². The Morgan fingerprint density at radius 3 is 2.73 bits per heavy atom. The molecule has 0 fully saturated rings. The molecule has 0 spiro atoms. The van der Waals surface area contributed by atoms with Gasteiger partial charge in [0.1, 0.15) is 5.75 Å². The lowest BCUT2D eigenvalue weighted by Crippen LogP contribution is -2.36. The summed E-state index contributed by atoms with van der Waals surface area (Å²) in [5.41, 5.74) is 13.3. The van der Waals surface area contributed by atoms with Crippen molar-refractivity contribution in [2.75, 3.05) is 25.5 Å². The molecule has 4 heteroatoms. The van der Waals surface area contributed by atoms with Gasteiger partial charge in [0.15, 0.2) is 0 Å². The minimum atomic E-state index is -0.00703. The summed E-state index contributed by atoms with van der Waals surface area (Å²) in [6, 6.07) is 5.93. The maximum atomic E-state index is 5.70. The van der Waals surface area contributed by atoms with Crippen molar-refractivity contribution in [3.8, 4) is 5.75 Å². The van der Waals surface area contributed by atoms with Gasteiger partial charge in [-0.1, -0.05) is 0 Å². The van der Waals surface area contributed by atoms with Gasteiger partial charge in [0.25, 0.3) is 0 Å². The summed E-state index contributed by atoms with van der Waals surface area (Å²) in [4.78, 5) is 0. The standard InChI is InChI=1S/C11H19N3O/c1-8-5-10(3-4-11(8)15-2)14-7-9(13)6-12/h3-5,9,14H,6-7,12-13H2,1-2H3. The number of ether oxygens (including phenoxy) is 1. The summed E-state index contributed by atoms with van der Waals surface area (Å²) in [7, 11) is 1.67. The highest BCUT2D eigenvalue weighted by Crippen LogP contribution is 2.21. The van der Waals surface area contributed by atoms with Crippen molar-refractivity contribution < 1.29 is 4.74 Å². The van der Waals surface area contributed by atoms with Crippen molar-refractivity contribution in [3.05, 3.63) is 23.8 Å². The lowest BCUT2D eigenvalue weighted by Gasteiger charge is -2.13. The van der Waals surface area contributed by atoms with Crippen LogP contribution in [0.4, 0.5) is 5.69 Å². The van der Waals surface area contributed by atoms with E-state index in [0.29, 0.717) is 13.1 Å². The van der Waals surface area contributed by atoms with Crippen LogP contribution in [0.2, 0.25) is 0 Å². The SMILES string of the molecule is COc1ccc(NCC(N)CN)cc1C. The fourth-order valence-corrected chi connectivity index (χ4v) is 1.32. The number of hydrogen-bond donors (Lipinski definition) is 3. The molecule has 0 amide bonds. The lowest BCUT2D eigenvalue weighted by molar-refractivity contribution is 0.412. The van der Waals surface area contributed by atoms with Crippen molar-refractivity contribution in [2.24, 2.45) is 11.5 Å². The van der Waals surface area contributed by atoms with Crippen LogP contribution in [0.5, 0.6) is 5.75 Å². The highest BCUT2D eigenvalue weighted by Gasteiger charge is 2.01. The van der Waals surface area contributed by atoms with E-state index < -0.39 is 0 Å². The van der Waals surface area contributed by atoms with Crippen molar-refractivity contribution in [1.29, 1.82) is 0 Å². The summed E-state index contributed by atoms with van der Waals surface area (Å²) in [6.07, 6.45) is 0. The number of hydrogen-bond acceptors (Lipinski definition) is 4. The van der Waals surface area contributed by atoms with E-state index in [-0.39, 0.29) is 6.04 Å². The lowest BCUT2D eigenvalue weighted by atomic mass is 10.2. The molecule has 0 aromatic heterocycles. The zero-order valence-corrected chi connectivity index (χ0v) is 9.29. The molecule has 15 heavy (non-hydrogen) atoms. The van der Waals surface area contributed by atoms with E-state index >= 15 is 0 Å². The van der Waals surface area contributed by atoms with Gasteiger partial charge in [0.05, 0.1) is 7.11 Å². The van der Waals surface area contributed by atoms with Gasteiger partial charge in [-0.2, -0.15) is 0 Å². The van der Waals surface area contributed by atoms with Crippen molar-refractivity contribution >= 4 is 5.69 Å². The van der Waals surface area contributed by atoms with Gasteiger partial charge in [0, 0.05) is 24.8 Å². The molecule has 5 N–H and O–H groups in total. The summed E-state index contributed by atoms with van der Waals surface area (Å²) in [5.74, 6) is 0.892. The first-order valence-corrected chi connectivity index (χ1v) is 5.01. The van der Waals surface area contributed by atoms with Crippen LogP contribution < -0.4 is 21.5 Å². The fourth-order valence-electron chi connectivity index (χ4n) is 1.32. The van der Waals surface area contributed by atoms with Crippen LogP contribution in [0.25, 0.3) is 0 Å². The molecule has 0 heterocycles. The molecule has 1 aromatic rings. The highest BCUT2D eigenvalue weighted by atomic mass is 16.5. The molecule has 4 nitrogen and oxygen atoms in total. The van der Waals surface area contributed by atoms with Crippen molar-refractivity contribution in [3.63, 3.8) is 0 Å². The molecule has 84 valence electrons. The number of nitrogens with one attached hydrogen (secondary N) is 1. The summed E-state index contributed by atoms with van der Waals surface area (Å²) in [5, 5.41) is 3.23. The first-order valence-electron chi connectivity index (χ1n) is 5.01. The second-order valence-corrected chi connectivity index (χ2v) is 3.56. The van der Waals surface area contributed by atoms with Gasteiger partial charge in [0.2, 0.25) is 0 Å². The molecule has 1 atom stereocenters. The number of nitrogens with two attached hydrogens (primary N) is 2. The molecule has 1 unspecified atom stereocenters. The Balaban J connectivity index is 2.59. The Hall–Kier alpha value is -1.26.